The molecule has 5 rings (SSSR count). The minimum Gasteiger partial charge on any atom is -0.502 e. The third-order valence-electron chi connectivity index (χ3n) is 5.86. The SMILES string of the molecule is NC(=O)c1ccc(CNC(=O)c2ccc(-c3cc(Nc4c(O)c(=O)c4=O)cc(-c4nn[nH]n4)c3)cc2)cc1. The summed E-state index contributed by atoms with van der Waals surface area (Å²) in [6.45, 7) is 0.269. The fourth-order valence-electron chi connectivity index (χ4n) is 3.80. The van der Waals surface area contributed by atoms with E-state index in [9.17, 15) is 24.3 Å². The van der Waals surface area contributed by atoms with Crippen LogP contribution in [0.15, 0.2) is 76.3 Å². The molecule has 4 aromatic carbocycles. The van der Waals surface area contributed by atoms with Crippen molar-refractivity contribution >= 4 is 23.2 Å². The van der Waals surface area contributed by atoms with Gasteiger partial charge in [-0.05, 0) is 64.4 Å². The number of benzene rings is 3. The van der Waals surface area contributed by atoms with Crippen molar-refractivity contribution in [2.45, 2.75) is 6.54 Å². The van der Waals surface area contributed by atoms with E-state index in [1.54, 1.807) is 66.7 Å². The first-order valence-electron chi connectivity index (χ1n) is 11.3. The van der Waals surface area contributed by atoms with Gasteiger partial charge in [0.05, 0.1) is 0 Å². The molecular weight excluding hydrogens is 490 g/mol. The molecule has 0 aliphatic rings. The highest BCUT2D eigenvalue weighted by molar-refractivity contribution is 5.95. The summed E-state index contributed by atoms with van der Waals surface area (Å²) in [5.41, 5.74) is 7.33. The van der Waals surface area contributed by atoms with Crippen molar-refractivity contribution < 1.29 is 14.7 Å². The van der Waals surface area contributed by atoms with Gasteiger partial charge < -0.3 is 21.5 Å². The van der Waals surface area contributed by atoms with Gasteiger partial charge in [0.1, 0.15) is 5.69 Å². The molecule has 0 bridgehead atoms. The Hall–Kier alpha value is -5.65. The number of rotatable bonds is 8. The van der Waals surface area contributed by atoms with E-state index in [0.29, 0.717) is 33.8 Å². The Bertz CT molecular complexity index is 1720. The van der Waals surface area contributed by atoms with E-state index in [-0.39, 0.29) is 18.1 Å². The number of H-pyrrole nitrogens is 1. The third-order valence-corrected chi connectivity index (χ3v) is 5.86. The molecule has 1 aromatic heterocycles. The molecule has 6 N–H and O–H groups in total. The largest absolute Gasteiger partial charge is 0.502 e. The summed E-state index contributed by atoms with van der Waals surface area (Å²) in [5.74, 6) is -1.13. The average Bonchev–Trinajstić information content (AvgIpc) is 3.49. The Balaban J connectivity index is 1.36. The number of tetrazole rings is 1. The predicted octanol–water partition coefficient (Wildman–Crippen LogP) is 1.61. The van der Waals surface area contributed by atoms with Crippen molar-refractivity contribution in [3.8, 4) is 28.3 Å². The lowest BCUT2D eigenvalue weighted by Crippen LogP contribution is -2.32. The van der Waals surface area contributed by atoms with E-state index in [0.717, 1.165) is 11.1 Å². The molecule has 0 spiro atoms. The molecule has 0 saturated heterocycles. The molecule has 12 nitrogen and oxygen atoms in total. The van der Waals surface area contributed by atoms with Crippen molar-refractivity contribution in [3.05, 3.63) is 104 Å². The number of aromatic nitrogens is 4. The van der Waals surface area contributed by atoms with E-state index < -0.39 is 22.5 Å². The molecule has 12 heteroatoms. The maximum atomic E-state index is 12.6. The van der Waals surface area contributed by atoms with Crippen molar-refractivity contribution in [1.29, 1.82) is 0 Å². The number of anilines is 2. The monoisotopic (exact) mass is 509 g/mol. The van der Waals surface area contributed by atoms with Gasteiger partial charge in [0.2, 0.25) is 11.7 Å². The van der Waals surface area contributed by atoms with Gasteiger partial charge in [-0.1, -0.05) is 24.3 Å². The van der Waals surface area contributed by atoms with Crippen LogP contribution in [0, 0.1) is 0 Å². The van der Waals surface area contributed by atoms with Gasteiger partial charge in [0.15, 0.2) is 5.75 Å². The van der Waals surface area contributed by atoms with Gasteiger partial charge in [0, 0.05) is 28.9 Å². The standard InChI is InChI=1S/C26H19N7O5/c27-24(37)15-3-1-13(2-4-15)12-28-26(38)16-7-5-14(6-8-16)17-9-18(25-30-32-33-31-25)11-19(10-17)29-20-21(34)23(36)22(20)35/h1-11,29,34H,12H2,(H2,27,37)(H,28,38)(H,30,31,32,33). The van der Waals surface area contributed by atoms with Crippen LogP contribution in [0.5, 0.6) is 5.75 Å². The summed E-state index contributed by atoms with van der Waals surface area (Å²) in [6, 6.07) is 18.6. The van der Waals surface area contributed by atoms with Crippen LogP contribution in [0.1, 0.15) is 26.3 Å². The van der Waals surface area contributed by atoms with Gasteiger partial charge in [-0.15, -0.1) is 10.2 Å². The van der Waals surface area contributed by atoms with E-state index in [2.05, 4.69) is 31.3 Å². The van der Waals surface area contributed by atoms with Gasteiger partial charge in [0.25, 0.3) is 16.8 Å². The van der Waals surface area contributed by atoms with Crippen LogP contribution in [0.2, 0.25) is 0 Å². The van der Waals surface area contributed by atoms with Gasteiger partial charge in [-0.25, -0.2) is 0 Å². The lowest BCUT2D eigenvalue weighted by molar-refractivity contribution is 0.0949. The second-order valence-corrected chi connectivity index (χ2v) is 8.36. The van der Waals surface area contributed by atoms with Crippen molar-refractivity contribution in [2.24, 2.45) is 5.73 Å². The molecule has 38 heavy (non-hydrogen) atoms. The summed E-state index contributed by atoms with van der Waals surface area (Å²) in [5, 5.41) is 29.2. The van der Waals surface area contributed by atoms with E-state index in [4.69, 9.17) is 5.73 Å². The number of hydrogen-bond donors (Lipinski definition) is 5. The van der Waals surface area contributed by atoms with Crippen molar-refractivity contribution in [2.75, 3.05) is 5.32 Å². The highest BCUT2D eigenvalue weighted by Crippen LogP contribution is 2.31. The molecule has 2 amide bonds. The molecule has 188 valence electrons. The molecule has 0 aliphatic carbocycles. The second-order valence-electron chi connectivity index (χ2n) is 8.36. The molecule has 0 saturated carbocycles. The van der Waals surface area contributed by atoms with Crippen molar-refractivity contribution in [3.63, 3.8) is 0 Å². The van der Waals surface area contributed by atoms with E-state index in [1.165, 1.54) is 0 Å². The van der Waals surface area contributed by atoms with Gasteiger partial charge in [-0.3, -0.25) is 19.2 Å². The highest BCUT2D eigenvalue weighted by atomic mass is 16.3. The molecule has 0 unspecified atom stereocenters. The fourth-order valence-corrected chi connectivity index (χ4v) is 3.80. The van der Waals surface area contributed by atoms with E-state index in [1.807, 2.05) is 0 Å². The Labute approximate surface area is 213 Å². The van der Waals surface area contributed by atoms with Crippen LogP contribution in [0.3, 0.4) is 0 Å². The first kappa shape index (κ1) is 24.1. The molecule has 5 aromatic rings. The zero-order valence-electron chi connectivity index (χ0n) is 19.6. The maximum absolute atomic E-state index is 12.6. The highest BCUT2D eigenvalue weighted by Gasteiger charge is 2.21. The first-order valence-corrected chi connectivity index (χ1v) is 11.3. The molecule has 0 fully saturated rings. The van der Waals surface area contributed by atoms with Gasteiger partial charge >= 0.3 is 0 Å². The minimum absolute atomic E-state index is 0.192. The summed E-state index contributed by atoms with van der Waals surface area (Å²) in [4.78, 5) is 47.0. The number of carbonyl (C=O) groups is 2. The van der Waals surface area contributed by atoms with Crippen molar-refractivity contribution in [1.82, 2.24) is 25.9 Å². The second kappa shape index (κ2) is 9.78. The molecule has 0 atom stereocenters. The molecule has 0 radical (unpaired) electrons. The van der Waals surface area contributed by atoms with E-state index >= 15 is 0 Å². The lowest BCUT2D eigenvalue weighted by atomic mass is 10.00. The molecular formula is C26H19N7O5. The Morgan fingerprint density at radius 1 is 0.868 bits per heavy atom. The van der Waals surface area contributed by atoms with Gasteiger partial charge in [-0.2, -0.15) is 5.21 Å². The quantitative estimate of drug-likeness (QED) is 0.193. The van der Waals surface area contributed by atoms with Crippen LogP contribution in [-0.4, -0.2) is 37.5 Å². The number of hydrogen-bond acceptors (Lipinski definition) is 9. The summed E-state index contributed by atoms with van der Waals surface area (Å²) in [6.07, 6.45) is 0. The van der Waals surface area contributed by atoms with Crippen LogP contribution in [0.25, 0.3) is 22.5 Å². The number of primary amides is 1. The fraction of sp³-hybridized carbons (Fsp3) is 0.0385. The number of carbonyl (C=O) groups excluding carboxylic acids is 2. The Morgan fingerprint density at radius 2 is 1.55 bits per heavy atom. The van der Waals surface area contributed by atoms with Crippen LogP contribution in [0.4, 0.5) is 11.4 Å². The number of nitrogens with two attached hydrogens (primary N) is 1. The topological polar surface area (TPSA) is 193 Å². The Kier molecular flexibility index (Phi) is 6.19. The first-order chi connectivity index (χ1) is 18.3. The number of amides is 2. The number of nitrogens with one attached hydrogen (secondary N) is 3. The summed E-state index contributed by atoms with van der Waals surface area (Å²) in [7, 11) is 0. The smallest absolute Gasteiger partial charge is 0.271 e. The summed E-state index contributed by atoms with van der Waals surface area (Å²) < 4.78 is 0. The zero-order chi connectivity index (χ0) is 26.8. The molecule has 1 heterocycles. The van der Waals surface area contributed by atoms with Crippen LogP contribution < -0.4 is 27.2 Å². The average molecular weight is 509 g/mol. The zero-order valence-corrected chi connectivity index (χ0v) is 19.6. The maximum Gasteiger partial charge on any atom is 0.271 e. The third kappa shape index (κ3) is 4.73. The molecule has 0 aliphatic heterocycles. The number of aromatic hydroxyl groups is 1. The number of aromatic amines is 1. The Morgan fingerprint density at radius 3 is 2.18 bits per heavy atom. The predicted molar refractivity (Wildman–Crippen MR) is 137 cm³/mol. The lowest BCUT2D eigenvalue weighted by Gasteiger charge is -2.13. The summed E-state index contributed by atoms with van der Waals surface area (Å²) >= 11 is 0. The van der Waals surface area contributed by atoms with Crippen LogP contribution in [-0.2, 0) is 6.54 Å². The minimum atomic E-state index is -0.946. The van der Waals surface area contributed by atoms with Crippen LogP contribution >= 0.6 is 0 Å². The normalized spacial score (nSPS) is 10.8. The number of nitrogens with zero attached hydrogens (tertiary/aromatic N) is 3.